The highest BCUT2D eigenvalue weighted by Gasteiger charge is 2.22. The van der Waals surface area contributed by atoms with Crippen molar-refractivity contribution in [1.82, 2.24) is 25.2 Å². The molecule has 0 fully saturated rings. The standard InChI is InChI=1S/C15H15Cl2N5OSi/c1-24(2,3)13-8-22(21-19-13)12-5-4-9(16)6-10(12)11-7-18-20-15(23)14(11)17/h4-8H,1-3H3,(H,20,23). The number of rotatable bonds is 3. The van der Waals surface area contributed by atoms with Gasteiger partial charge in [-0.3, -0.25) is 4.79 Å². The smallest absolute Gasteiger partial charge is 0.266 e. The van der Waals surface area contributed by atoms with Crippen LogP contribution in [0.3, 0.4) is 0 Å². The van der Waals surface area contributed by atoms with Crippen LogP contribution in [0.2, 0.25) is 29.7 Å². The molecule has 0 spiro atoms. The highest BCUT2D eigenvalue weighted by Crippen LogP contribution is 2.31. The van der Waals surface area contributed by atoms with Crippen molar-refractivity contribution in [3.8, 4) is 16.8 Å². The summed E-state index contributed by atoms with van der Waals surface area (Å²) >= 11 is 12.3. The topological polar surface area (TPSA) is 76.5 Å². The molecule has 0 saturated heterocycles. The van der Waals surface area contributed by atoms with Gasteiger partial charge in [0.15, 0.2) is 0 Å². The molecule has 0 saturated carbocycles. The molecule has 3 rings (SSSR count). The first kappa shape index (κ1) is 16.9. The predicted molar refractivity (Wildman–Crippen MR) is 98.2 cm³/mol. The molecule has 0 aliphatic carbocycles. The highest BCUT2D eigenvalue weighted by molar-refractivity contribution is 6.88. The van der Waals surface area contributed by atoms with Gasteiger partial charge in [0.2, 0.25) is 0 Å². The fourth-order valence-electron chi connectivity index (χ4n) is 2.22. The first-order valence-corrected chi connectivity index (χ1v) is 11.5. The number of nitrogens with zero attached hydrogens (tertiary/aromatic N) is 4. The maximum absolute atomic E-state index is 11.8. The molecule has 0 radical (unpaired) electrons. The van der Waals surface area contributed by atoms with Gasteiger partial charge < -0.3 is 0 Å². The van der Waals surface area contributed by atoms with E-state index in [0.717, 1.165) is 11.0 Å². The number of aromatic amines is 1. The molecule has 6 nitrogen and oxygen atoms in total. The van der Waals surface area contributed by atoms with E-state index in [1.165, 1.54) is 6.20 Å². The Hall–Kier alpha value is -1.96. The van der Waals surface area contributed by atoms with Gasteiger partial charge in [-0.05, 0) is 18.2 Å². The van der Waals surface area contributed by atoms with E-state index in [4.69, 9.17) is 23.2 Å². The van der Waals surface area contributed by atoms with Crippen LogP contribution < -0.4 is 10.9 Å². The Balaban J connectivity index is 2.22. The number of aromatic nitrogens is 5. The molecule has 1 aromatic carbocycles. The van der Waals surface area contributed by atoms with Gasteiger partial charge in [0.1, 0.15) is 13.1 Å². The van der Waals surface area contributed by atoms with E-state index < -0.39 is 13.6 Å². The molecule has 0 aliphatic rings. The summed E-state index contributed by atoms with van der Waals surface area (Å²) in [6.07, 6.45) is 3.41. The van der Waals surface area contributed by atoms with Crippen molar-refractivity contribution < 1.29 is 0 Å². The minimum Gasteiger partial charge on any atom is -0.266 e. The third kappa shape index (κ3) is 3.15. The predicted octanol–water partition coefficient (Wildman–Crippen LogP) is 2.87. The number of hydrogen-bond acceptors (Lipinski definition) is 4. The normalized spacial score (nSPS) is 11.7. The van der Waals surface area contributed by atoms with E-state index in [9.17, 15) is 4.79 Å². The largest absolute Gasteiger partial charge is 0.283 e. The van der Waals surface area contributed by atoms with Crippen LogP contribution in [0.15, 0.2) is 35.4 Å². The van der Waals surface area contributed by atoms with E-state index in [0.29, 0.717) is 16.1 Å². The van der Waals surface area contributed by atoms with Crippen LogP contribution >= 0.6 is 23.2 Å². The maximum Gasteiger partial charge on any atom is 0.283 e. The Morgan fingerprint density at radius 2 is 1.92 bits per heavy atom. The zero-order valence-corrected chi connectivity index (χ0v) is 15.9. The van der Waals surface area contributed by atoms with E-state index in [2.05, 4.69) is 40.2 Å². The molecule has 9 heteroatoms. The molecule has 3 aromatic rings. The van der Waals surface area contributed by atoms with Crippen LogP contribution in [-0.2, 0) is 0 Å². The van der Waals surface area contributed by atoms with Gasteiger partial charge in [0.05, 0.1) is 17.2 Å². The SMILES string of the molecule is C[Si](C)(C)c1cn(-c2ccc(Cl)cc2-c2cn[nH]c(=O)c2Cl)nn1. The molecule has 2 aromatic heterocycles. The second kappa shape index (κ2) is 6.16. The zero-order chi connectivity index (χ0) is 17.5. The number of H-pyrrole nitrogens is 1. The molecule has 2 heterocycles. The maximum atomic E-state index is 11.8. The summed E-state index contributed by atoms with van der Waals surface area (Å²) in [7, 11) is -1.59. The van der Waals surface area contributed by atoms with Gasteiger partial charge >= 0.3 is 0 Å². The van der Waals surface area contributed by atoms with Gasteiger partial charge in [0, 0.05) is 22.3 Å². The van der Waals surface area contributed by atoms with Gasteiger partial charge in [0.25, 0.3) is 5.56 Å². The average molecular weight is 380 g/mol. The Kier molecular flexibility index (Phi) is 4.33. The van der Waals surface area contributed by atoms with E-state index in [1.807, 2.05) is 12.3 Å². The van der Waals surface area contributed by atoms with Crippen LogP contribution in [0, 0.1) is 0 Å². The average Bonchev–Trinajstić information content (AvgIpc) is 3.00. The molecule has 124 valence electrons. The van der Waals surface area contributed by atoms with Crippen molar-refractivity contribution in [3.05, 3.63) is 51.0 Å². The minimum absolute atomic E-state index is 0.0547. The molecule has 0 amide bonds. The lowest BCUT2D eigenvalue weighted by Crippen LogP contribution is -2.38. The second-order valence-electron chi connectivity index (χ2n) is 6.39. The number of benzene rings is 1. The fourth-order valence-corrected chi connectivity index (χ4v) is 3.44. The van der Waals surface area contributed by atoms with Crippen molar-refractivity contribution in [2.24, 2.45) is 0 Å². The summed E-state index contributed by atoms with van der Waals surface area (Å²) in [6, 6.07) is 5.30. The van der Waals surface area contributed by atoms with Gasteiger partial charge in [-0.2, -0.15) is 5.10 Å². The summed E-state index contributed by atoms with van der Waals surface area (Å²) < 4.78 is 1.68. The third-order valence-electron chi connectivity index (χ3n) is 3.55. The van der Waals surface area contributed by atoms with Gasteiger partial charge in [-0.15, -0.1) is 5.10 Å². The van der Waals surface area contributed by atoms with Crippen LogP contribution in [-0.4, -0.2) is 33.3 Å². The number of hydrogen-bond donors (Lipinski definition) is 1. The van der Waals surface area contributed by atoms with Crippen molar-refractivity contribution in [2.45, 2.75) is 19.6 Å². The summed E-state index contributed by atoms with van der Waals surface area (Å²) in [4.78, 5) is 11.8. The third-order valence-corrected chi connectivity index (χ3v) is 5.93. The molecule has 0 aliphatic heterocycles. The minimum atomic E-state index is -1.59. The molecule has 24 heavy (non-hydrogen) atoms. The van der Waals surface area contributed by atoms with Gasteiger partial charge in [-0.1, -0.05) is 48.1 Å². The van der Waals surface area contributed by atoms with Crippen LogP contribution in [0.5, 0.6) is 0 Å². The van der Waals surface area contributed by atoms with Crippen LogP contribution in [0.1, 0.15) is 0 Å². The molecular formula is C15H15Cl2N5OSi. The fraction of sp³-hybridized carbons (Fsp3) is 0.200. The Labute approximate surface area is 149 Å². The molecule has 0 atom stereocenters. The van der Waals surface area contributed by atoms with E-state index >= 15 is 0 Å². The lowest BCUT2D eigenvalue weighted by Gasteiger charge is -2.12. The van der Waals surface area contributed by atoms with Gasteiger partial charge in [-0.25, -0.2) is 9.78 Å². The quantitative estimate of drug-likeness (QED) is 0.709. The van der Waals surface area contributed by atoms with E-state index in [1.54, 1.807) is 16.8 Å². The Morgan fingerprint density at radius 1 is 1.17 bits per heavy atom. The lowest BCUT2D eigenvalue weighted by molar-refractivity contribution is 0.805. The van der Waals surface area contributed by atoms with Crippen molar-refractivity contribution in [2.75, 3.05) is 0 Å². The van der Waals surface area contributed by atoms with Crippen molar-refractivity contribution >= 4 is 36.6 Å². The van der Waals surface area contributed by atoms with E-state index in [-0.39, 0.29) is 5.02 Å². The first-order chi connectivity index (χ1) is 11.3. The van der Waals surface area contributed by atoms with Crippen LogP contribution in [0.25, 0.3) is 16.8 Å². The Morgan fingerprint density at radius 3 is 2.58 bits per heavy atom. The van der Waals surface area contributed by atoms with Crippen LogP contribution in [0.4, 0.5) is 0 Å². The molecular weight excluding hydrogens is 365 g/mol. The summed E-state index contributed by atoms with van der Waals surface area (Å²) in [5.41, 5.74) is 1.42. The molecule has 0 bridgehead atoms. The molecule has 1 N–H and O–H groups in total. The summed E-state index contributed by atoms with van der Waals surface area (Å²) in [5.74, 6) is 0. The highest BCUT2D eigenvalue weighted by atomic mass is 35.5. The number of halogens is 2. The first-order valence-electron chi connectivity index (χ1n) is 7.23. The summed E-state index contributed by atoms with van der Waals surface area (Å²) in [6.45, 7) is 6.59. The second-order valence-corrected chi connectivity index (χ2v) is 12.2. The van der Waals surface area contributed by atoms with Crippen molar-refractivity contribution in [1.29, 1.82) is 0 Å². The zero-order valence-electron chi connectivity index (χ0n) is 13.3. The summed E-state index contributed by atoms with van der Waals surface area (Å²) in [5, 5.41) is 16.2. The lowest BCUT2D eigenvalue weighted by atomic mass is 10.1. The monoisotopic (exact) mass is 379 g/mol. The van der Waals surface area contributed by atoms with Crippen molar-refractivity contribution in [3.63, 3.8) is 0 Å². The molecule has 0 unspecified atom stereocenters. The number of nitrogens with one attached hydrogen (secondary N) is 1. The Bertz CT molecular complexity index is 961.